The first-order chi connectivity index (χ1) is 16.4. The highest BCUT2D eigenvalue weighted by Crippen LogP contribution is 2.43. The Hall–Kier alpha value is -2.82. The smallest absolute Gasteiger partial charge is 0.200 e. The van der Waals surface area contributed by atoms with E-state index in [9.17, 15) is 8.78 Å². The zero-order valence-corrected chi connectivity index (χ0v) is 19.6. The minimum atomic E-state index is -0.965. The molecule has 1 nitrogen and oxygen atoms in total. The van der Waals surface area contributed by atoms with Gasteiger partial charge in [-0.05, 0) is 79.2 Å². The van der Waals surface area contributed by atoms with Crippen LogP contribution < -0.4 is 4.74 Å². The number of hydrogen-bond acceptors (Lipinski definition) is 1. The summed E-state index contributed by atoms with van der Waals surface area (Å²) in [7, 11) is 0. The summed E-state index contributed by atoms with van der Waals surface area (Å²) < 4.78 is 64.1. The van der Waals surface area contributed by atoms with Crippen molar-refractivity contribution in [1.82, 2.24) is 0 Å². The Bertz CT molecular complexity index is 1130. The Balaban J connectivity index is 1.48. The molecule has 180 valence electrons. The standard InChI is InChI=1S/C29H30F4O/c1-3-5-18-6-8-19(9-7-18)22-14-15-23(27(31)26(22)30)20-10-12-21(13-11-20)24-16-17-25(34-4-2)29(33)28(24)32/h6-9,14-17,20-21H,3-5,10-13H2,1-2H3. The van der Waals surface area contributed by atoms with E-state index in [2.05, 4.69) is 6.92 Å². The van der Waals surface area contributed by atoms with Gasteiger partial charge in [0.2, 0.25) is 5.82 Å². The van der Waals surface area contributed by atoms with Crippen LogP contribution in [0.4, 0.5) is 17.6 Å². The zero-order chi connectivity index (χ0) is 24.2. The first kappa shape index (κ1) is 24.3. The first-order valence-electron chi connectivity index (χ1n) is 12.1. The highest BCUT2D eigenvalue weighted by atomic mass is 19.2. The molecule has 4 rings (SSSR count). The molecule has 0 radical (unpaired) electrons. The molecule has 0 heterocycles. The Morgan fingerprint density at radius 2 is 1.24 bits per heavy atom. The molecule has 5 heteroatoms. The van der Waals surface area contributed by atoms with Crippen LogP contribution in [0, 0.1) is 23.3 Å². The maximum Gasteiger partial charge on any atom is 0.200 e. The van der Waals surface area contributed by atoms with Crippen molar-refractivity contribution in [3.05, 3.63) is 88.5 Å². The number of aryl methyl sites for hydroxylation is 1. The fourth-order valence-electron chi connectivity index (χ4n) is 5.09. The maximum absolute atomic E-state index is 15.1. The molecule has 0 spiro atoms. The van der Waals surface area contributed by atoms with Gasteiger partial charge in [0.05, 0.1) is 6.61 Å². The van der Waals surface area contributed by atoms with Crippen molar-refractivity contribution in [2.75, 3.05) is 6.61 Å². The summed E-state index contributed by atoms with van der Waals surface area (Å²) in [5.41, 5.74) is 2.77. The molecular formula is C29H30F4O. The number of halogens is 4. The minimum Gasteiger partial charge on any atom is -0.491 e. The van der Waals surface area contributed by atoms with Gasteiger partial charge in [0.15, 0.2) is 23.2 Å². The molecule has 0 aliphatic heterocycles. The van der Waals surface area contributed by atoms with E-state index in [-0.39, 0.29) is 29.8 Å². The van der Waals surface area contributed by atoms with Gasteiger partial charge in [-0.25, -0.2) is 13.2 Å². The average molecular weight is 471 g/mol. The molecule has 34 heavy (non-hydrogen) atoms. The lowest BCUT2D eigenvalue weighted by Gasteiger charge is -2.30. The van der Waals surface area contributed by atoms with Gasteiger partial charge in [-0.1, -0.05) is 55.8 Å². The maximum atomic E-state index is 15.1. The molecule has 1 aliphatic carbocycles. The van der Waals surface area contributed by atoms with Crippen LogP contribution in [-0.4, -0.2) is 6.61 Å². The zero-order valence-electron chi connectivity index (χ0n) is 19.6. The van der Waals surface area contributed by atoms with Crippen molar-refractivity contribution >= 4 is 0 Å². The number of ether oxygens (including phenoxy) is 1. The van der Waals surface area contributed by atoms with Gasteiger partial charge in [0.25, 0.3) is 0 Å². The van der Waals surface area contributed by atoms with Crippen molar-refractivity contribution in [1.29, 1.82) is 0 Å². The molecular weight excluding hydrogens is 440 g/mol. The van der Waals surface area contributed by atoms with Crippen LogP contribution >= 0.6 is 0 Å². The summed E-state index contributed by atoms with van der Waals surface area (Å²) >= 11 is 0. The Kier molecular flexibility index (Phi) is 7.60. The van der Waals surface area contributed by atoms with Gasteiger partial charge in [-0.3, -0.25) is 0 Å². The lowest BCUT2D eigenvalue weighted by atomic mass is 9.75. The fraction of sp³-hybridized carbons (Fsp3) is 0.379. The molecule has 3 aromatic rings. The fourth-order valence-corrected chi connectivity index (χ4v) is 5.09. The van der Waals surface area contributed by atoms with E-state index in [1.807, 2.05) is 24.3 Å². The van der Waals surface area contributed by atoms with Crippen LogP contribution in [0.5, 0.6) is 5.75 Å². The van der Waals surface area contributed by atoms with Gasteiger partial charge in [0, 0.05) is 5.56 Å². The van der Waals surface area contributed by atoms with E-state index in [1.54, 1.807) is 25.1 Å². The van der Waals surface area contributed by atoms with E-state index in [0.717, 1.165) is 12.8 Å². The molecule has 0 aromatic heterocycles. The second-order valence-corrected chi connectivity index (χ2v) is 9.04. The largest absolute Gasteiger partial charge is 0.491 e. The average Bonchev–Trinajstić information content (AvgIpc) is 2.85. The van der Waals surface area contributed by atoms with Crippen molar-refractivity contribution in [3.8, 4) is 16.9 Å². The van der Waals surface area contributed by atoms with E-state index >= 15 is 8.78 Å². The molecule has 1 saturated carbocycles. The molecule has 0 bridgehead atoms. The van der Waals surface area contributed by atoms with Crippen molar-refractivity contribution < 1.29 is 22.3 Å². The summed E-state index contributed by atoms with van der Waals surface area (Å²) in [6.45, 7) is 4.07. The van der Waals surface area contributed by atoms with Crippen molar-refractivity contribution in [2.24, 2.45) is 0 Å². The van der Waals surface area contributed by atoms with Gasteiger partial charge in [-0.15, -0.1) is 0 Å². The lowest BCUT2D eigenvalue weighted by molar-refractivity contribution is 0.310. The summed E-state index contributed by atoms with van der Waals surface area (Å²) in [6, 6.07) is 13.9. The number of hydrogen-bond donors (Lipinski definition) is 0. The van der Waals surface area contributed by atoms with Crippen molar-refractivity contribution in [3.63, 3.8) is 0 Å². The summed E-state index contributed by atoms with van der Waals surface area (Å²) in [4.78, 5) is 0. The van der Waals surface area contributed by atoms with Crippen LogP contribution in [0.2, 0.25) is 0 Å². The second-order valence-electron chi connectivity index (χ2n) is 9.04. The first-order valence-corrected chi connectivity index (χ1v) is 12.1. The molecule has 3 aromatic carbocycles. The highest BCUT2D eigenvalue weighted by Gasteiger charge is 2.29. The number of rotatable bonds is 7. The van der Waals surface area contributed by atoms with Crippen LogP contribution in [0.15, 0.2) is 48.5 Å². The van der Waals surface area contributed by atoms with Gasteiger partial charge in [0.1, 0.15) is 0 Å². The van der Waals surface area contributed by atoms with Crippen molar-refractivity contribution in [2.45, 2.75) is 64.2 Å². The summed E-state index contributed by atoms with van der Waals surface area (Å²) in [6.07, 6.45) is 4.31. The topological polar surface area (TPSA) is 9.23 Å². The van der Waals surface area contributed by atoms with Gasteiger partial charge < -0.3 is 4.74 Å². The molecule has 0 N–H and O–H groups in total. The third-order valence-corrected chi connectivity index (χ3v) is 6.90. The highest BCUT2D eigenvalue weighted by molar-refractivity contribution is 5.65. The van der Waals surface area contributed by atoms with E-state index in [0.29, 0.717) is 42.4 Å². The summed E-state index contributed by atoms with van der Waals surface area (Å²) in [5, 5.41) is 0. The van der Waals surface area contributed by atoms with E-state index in [4.69, 9.17) is 4.74 Å². The summed E-state index contributed by atoms with van der Waals surface area (Å²) in [5.74, 6) is -3.87. The predicted molar refractivity (Wildman–Crippen MR) is 127 cm³/mol. The molecule has 0 amide bonds. The van der Waals surface area contributed by atoms with Gasteiger partial charge >= 0.3 is 0 Å². The quantitative estimate of drug-likeness (QED) is 0.314. The molecule has 0 unspecified atom stereocenters. The SMILES string of the molecule is CCCc1ccc(-c2ccc(C3CCC(c4ccc(OCC)c(F)c4F)CC3)c(F)c2F)cc1. The Morgan fingerprint density at radius 1 is 0.676 bits per heavy atom. The Labute approximate surface area is 198 Å². The second kappa shape index (κ2) is 10.6. The predicted octanol–water partition coefficient (Wildman–Crippen LogP) is 8.70. The monoisotopic (exact) mass is 470 g/mol. The van der Waals surface area contributed by atoms with Crippen LogP contribution in [0.3, 0.4) is 0 Å². The lowest BCUT2D eigenvalue weighted by Crippen LogP contribution is -2.15. The van der Waals surface area contributed by atoms with E-state index in [1.165, 1.54) is 11.6 Å². The molecule has 0 atom stereocenters. The third-order valence-electron chi connectivity index (χ3n) is 6.90. The molecule has 0 saturated heterocycles. The minimum absolute atomic E-state index is 0.0879. The third kappa shape index (κ3) is 4.84. The molecule has 1 aliphatic rings. The Morgan fingerprint density at radius 3 is 1.79 bits per heavy atom. The van der Waals surface area contributed by atoms with Crippen LogP contribution in [0.1, 0.15) is 74.5 Å². The number of benzene rings is 3. The molecule has 1 fully saturated rings. The van der Waals surface area contributed by atoms with Gasteiger partial charge in [-0.2, -0.15) is 4.39 Å². The van der Waals surface area contributed by atoms with Crippen LogP contribution in [-0.2, 0) is 6.42 Å². The normalized spacial score (nSPS) is 18.2. The van der Waals surface area contributed by atoms with E-state index < -0.39 is 23.3 Å². The van der Waals surface area contributed by atoms with Crippen LogP contribution in [0.25, 0.3) is 11.1 Å².